The number of benzene rings is 2. The molecule has 2 rings (SSSR count). The van der Waals surface area contributed by atoms with Gasteiger partial charge in [0.05, 0.1) is 11.6 Å². The van der Waals surface area contributed by atoms with Crippen LogP contribution in [0, 0.1) is 17.1 Å². The summed E-state index contributed by atoms with van der Waals surface area (Å²) in [7, 11) is 0. The summed E-state index contributed by atoms with van der Waals surface area (Å²) in [4.78, 5) is 36.1. The molecule has 0 bridgehead atoms. The van der Waals surface area contributed by atoms with Gasteiger partial charge < -0.3 is 16.4 Å². The number of hydrogen-bond donors (Lipinski definition) is 3. The lowest BCUT2D eigenvalue weighted by molar-refractivity contribution is -0.130. The Morgan fingerprint density at radius 3 is 2.28 bits per heavy atom. The minimum atomic E-state index is -1.07. The van der Waals surface area contributed by atoms with E-state index in [0.717, 1.165) is 0 Å². The minimum absolute atomic E-state index is 0.0359. The first-order valence-electron chi connectivity index (χ1n) is 8.89. The largest absolute Gasteiger partial charge is 0.368 e. The molecule has 0 aliphatic rings. The van der Waals surface area contributed by atoms with Gasteiger partial charge in [0.1, 0.15) is 17.9 Å². The van der Waals surface area contributed by atoms with Gasteiger partial charge in [0.25, 0.3) is 0 Å². The maximum Gasteiger partial charge on any atom is 0.243 e. The highest BCUT2D eigenvalue weighted by Crippen LogP contribution is 2.11. The number of nitriles is 1. The van der Waals surface area contributed by atoms with Crippen LogP contribution in [0.1, 0.15) is 23.6 Å². The molecule has 7 nitrogen and oxygen atoms in total. The smallest absolute Gasteiger partial charge is 0.243 e. The molecule has 4 N–H and O–H groups in total. The lowest BCUT2D eigenvalue weighted by atomic mass is 9.99. The molecular formula is C21H21FN4O3. The van der Waals surface area contributed by atoms with Gasteiger partial charge in [0, 0.05) is 19.8 Å². The van der Waals surface area contributed by atoms with E-state index in [9.17, 15) is 24.0 Å². The second-order valence-electron chi connectivity index (χ2n) is 6.52. The summed E-state index contributed by atoms with van der Waals surface area (Å²) in [6.45, 7) is 1.26. The average molecular weight is 396 g/mol. The second kappa shape index (κ2) is 9.99. The van der Waals surface area contributed by atoms with E-state index in [2.05, 4.69) is 10.6 Å². The van der Waals surface area contributed by atoms with E-state index in [1.807, 2.05) is 6.07 Å². The third-order valence-corrected chi connectivity index (χ3v) is 4.27. The van der Waals surface area contributed by atoms with Crippen LogP contribution in [0.3, 0.4) is 0 Å². The molecular weight excluding hydrogens is 375 g/mol. The molecule has 2 aromatic rings. The topological polar surface area (TPSA) is 125 Å². The van der Waals surface area contributed by atoms with Crippen LogP contribution in [0.15, 0.2) is 48.5 Å². The van der Waals surface area contributed by atoms with E-state index >= 15 is 0 Å². The molecule has 2 aromatic carbocycles. The highest BCUT2D eigenvalue weighted by atomic mass is 19.1. The van der Waals surface area contributed by atoms with Gasteiger partial charge in [-0.3, -0.25) is 14.4 Å². The highest BCUT2D eigenvalue weighted by Gasteiger charge is 2.26. The zero-order valence-corrected chi connectivity index (χ0v) is 15.8. The van der Waals surface area contributed by atoms with Crippen LogP contribution in [0.2, 0.25) is 0 Å². The molecule has 0 spiro atoms. The fraction of sp³-hybridized carbons (Fsp3) is 0.238. The van der Waals surface area contributed by atoms with Crippen LogP contribution >= 0.6 is 0 Å². The number of carbonyl (C=O) groups is 3. The predicted octanol–water partition coefficient (Wildman–Crippen LogP) is 0.957. The van der Waals surface area contributed by atoms with Crippen molar-refractivity contribution in [1.82, 2.24) is 10.6 Å². The van der Waals surface area contributed by atoms with Crippen molar-refractivity contribution in [2.75, 3.05) is 0 Å². The van der Waals surface area contributed by atoms with Gasteiger partial charge in [0.15, 0.2) is 0 Å². The fourth-order valence-corrected chi connectivity index (χ4v) is 2.83. The van der Waals surface area contributed by atoms with Crippen LogP contribution in [0.4, 0.5) is 4.39 Å². The van der Waals surface area contributed by atoms with Gasteiger partial charge in [-0.1, -0.05) is 30.3 Å². The molecule has 0 radical (unpaired) electrons. The van der Waals surface area contributed by atoms with Crippen molar-refractivity contribution < 1.29 is 18.8 Å². The van der Waals surface area contributed by atoms with Crippen molar-refractivity contribution in [2.45, 2.75) is 31.8 Å². The summed E-state index contributed by atoms with van der Waals surface area (Å²) in [5, 5.41) is 14.3. The Bertz CT molecular complexity index is 938. The SMILES string of the molecule is CC(=O)N[C@@H](Cc1ccc(F)cc1)C(=O)N[C@H](Cc1ccccc1C#N)C(N)=O. The Morgan fingerprint density at radius 2 is 1.69 bits per heavy atom. The summed E-state index contributed by atoms with van der Waals surface area (Å²) in [6.07, 6.45) is 0.139. The van der Waals surface area contributed by atoms with Crippen LogP contribution < -0.4 is 16.4 Å². The molecule has 0 aliphatic heterocycles. The number of amides is 3. The zero-order valence-electron chi connectivity index (χ0n) is 15.8. The summed E-state index contributed by atoms with van der Waals surface area (Å²) in [5.74, 6) is -2.23. The van der Waals surface area contributed by atoms with Gasteiger partial charge in [-0.15, -0.1) is 0 Å². The first kappa shape index (κ1) is 21.6. The van der Waals surface area contributed by atoms with Gasteiger partial charge in [-0.25, -0.2) is 4.39 Å². The van der Waals surface area contributed by atoms with E-state index in [1.165, 1.54) is 31.2 Å². The van der Waals surface area contributed by atoms with Crippen molar-refractivity contribution in [3.05, 3.63) is 71.0 Å². The maximum atomic E-state index is 13.1. The van der Waals surface area contributed by atoms with Gasteiger partial charge >= 0.3 is 0 Å². The Labute approximate surface area is 167 Å². The molecule has 0 fully saturated rings. The Balaban J connectivity index is 2.17. The summed E-state index contributed by atoms with van der Waals surface area (Å²) in [5.41, 5.74) is 7.00. The second-order valence-corrected chi connectivity index (χ2v) is 6.52. The summed E-state index contributed by atoms with van der Waals surface area (Å²) < 4.78 is 13.1. The predicted molar refractivity (Wildman–Crippen MR) is 104 cm³/mol. The van der Waals surface area contributed by atoms with Crippen LogP contribution in [-0.2, 0) is 27.2 Å². The van der Waals surface area contributed by atoms with Crippen molar-refractivity contribution in [2.24, 2.45) is 5.73 Å². The fourth-order valence-electron chi connectivity index (χ4n) is 2.83. The van der Waals surface area contributed by atoms with Crippen LogP contribution in [0.5, 0.6) is 0 Å². The maximum absolute atomic E-state index is 13.1. The Kier molecular flexibility index (Phi) is 7.43. The molecule has 2 atom stereocenters. The third-order valence-electron chi connectivity index (χ3n) is 4.27. The first-order valence-corrected chi connectivity index (χ1v) is 8.89. The van der Waals surface area contributed by atoms with E-state index in [1.54, 1.807) is 24.3 Å². The van der Waals surface area contributed by atoms with Gasteiger partial charge in [0.2, 0.25) is 17.7 Å². The highest BCUT2D eigenvalue weighted by molar-refractivity contribution is 5.91. The number of nitrogens with two attached hydrogens (primary N) is 1. The number of nitrogens with zero attached hydrogens (tertiary/aromatic N) is 1. The van der Waals surface area contributed by atoms with Crippen molar-refractivity contribution >= 4 is 17.7 Å². The first-order chi connectivity index (χ1) is 13.8. The van der Waals surface area contributed by atoms with Crippen molar-refractivity contribution in [1.29, 1.82) is 5.26 Å². The number of primary amides is 1. The van der Waals surface area contributed by atoms with E-state index in [0.29, 0.717) is 16.7 Å². The number of hydrogen-bond acceptors (Lipinski definition) is 4. The Hall–Kier alpha value is -3.73. The van der Waals surface area contributed by atoms with Crippen LogP contribution in [-0.4, -0.2) is 29.8 Å². The molecule has 8 heteroatoms. The minimum Gasteiger partial charge on any atom is -0.368 e. The standard InChI is InChI=1S/C21H21FN4O3/c1-13(27)25-19(10-14-6-8-17(22)9-7-14)21(29)26-18(20(24)28)11-15-4-2-3-5-16(15)12-23/h2-9,18-19H,10-11H2,1H3,(H2,24,28)(H,25,27)(H,26,29)/t18-,19+/m1/s1. The lowest BCUT2D eigenvalue weighted by Crippen LogP contribution is -2.54. The molecule has 0 saturated heterocycles. The average Bonchev–Trinajstić information content (AvgIpc) is 2.68. The normalized spacial score (nSPS) is 12.3. The van der Waals surface area contributed by atoms with E-state index < -0.39 is 35.6 Å². The number of halogens is 1. The molecule has 0 aromatic heterocycles. The van der Waals surface area contributed by atoms with E-state index in [4.69, 9.17) is 5.73 Å². The summed E-state index contributed by atoms with van der Waals surface area (Å²) >= 11 is 0. The molecule has 3 amide bonds. The molecule has 0 saturated carbocycles. The zero-order chi connectivity index (χ0) is 21.4. The third kappa shape index (κ3) is 6.43. The molecule has 29 heavy (non-hydrogen) atoms. The van der Waals surface area contributed by atoms with Crippen LogP contribution in [0.25, 0.3) is 0 Å². The molecule has 150 valence electrons. The number of carbonyl (C=O) groups excluding carboxylic acids is 3. The molecule has 0 unspecified atom stereocenters. The Morgan fingerprint density at radius 1 is 1.03 bits per heavy atom. The quantitative estimate of drug-likeness (QED) is 0.614. The van der Waals surface area contributed by atoms with E-state index in [-0.39, 0.29) is 12.8 Å². The molecule has 0 heterocycles. The van der Waals surface area contributed by atoms with Gasteiger partial charge in [-0.05, 0) is 29.3 Å². The van der Waals surface area contributed by atoms with Gasteiger partial charge in [-0.2, -0.15) is 5.26 Å². The lowest BCUT2D eigenvalue weighted by Gasteiger charge is -2.22. The molecule has 0 aliphatic carbocycles. The van der Waals surface area contributed by atoms with Crippen molar-refractivity contribution in [3.8, 4) is 6.07 Å². The summed E-state index contributed by atoms with van der Waals surface area (Å²) in [6, 6.07) is 12.2. The monoisotopic (exact) mass is 396 g/mol. The number of rotatable bonds is 8. The number of nitrogens with one attached hydrogen (secondary N) is 2. The van der Waals surface area contributed by atoms with Crippen molar-refractivity contribution in [3.63, 3.8) is 0 Å².